The fraction of sp³-hybridized carbons (Fsp3) is 0.118. The van der Waals surface area contributed by atoms with Crippen LogP contribution in [-0.2, 0) is 0 Å². The summed E-state index contributed by atoms with van der Waals surface area (Å²) in [5.74, 6) is 0. The summed E-state index contributed by atoms with van der Waals surface area (Å²) in [6.07, 6.45) is 3.33. The molecule has 2 aromatic heterocycles. The molecule has 1 aromatic carbocycles. The number of nitro groups is 1. The lowest BCUT2D eigenvalue weighted by atomic mass is 10.1. The third-order valence-electron chi connectivity index (χ3n) is 3.32. The summed E-state index contributed by atoms with van der Waals surface area (Å²) in [4.78, 5) is 20.0. The lowest BCUT2D eigenvalue weighted by molar-refractivity contribution is -0.384. The second-order valence-electron chi connectivity index (χ2n) is 5.00. The summed E-state index contributed by atoms with van der Waals surface area (Å²) in [7, 11) is 0. The van der Waals surface area contributed by atoms with Gasteiger partial charge in [-0.2, -0.15) is 5.10 Å². The average Bonchev–Trinajstić information content (AvgIpc) is 3.04. The molecular formula is C17H15N5O2S. The van der Waals surface area contributed by atoms with E-state index < -0.39 is 4.92 Å². The van der Waals surface area contributed by atoms with Crippen molar-refractivity contribution in [3.8, 4) is 11.3 Å². The lowest BCUT2D eigenvalue weighted by Gasteiger charge is -2.03. The molecular weight excluding hydrogens is 338 g/mol. The first-order valence-electron chi connectivity index (χ1n) is 7.60. The molecule has 0 fully saturated rings. The number of hydrogen-bond donors (Lipinski definition) is 0. The molecule has 3 rings (SSSR count). The molecule has 25 heavy (non-hydrogen) atoms. The van der Waals surface area contributed by atoms with E-state index in [0.717, 1.165) is 10.5 Å². The molecule has 0 radical (unpaired) electrons. The Hall–Kier alpha value is -3.13. The SMILES string of the molecule is CCN=c1scc(-c2cccc([N+](=O)[O-])c2)n1/N=C\c1ccccn1. The molecule has 0 saturated carbocycles. The largest absolute Gasteiger partial charge is 0.270 e. The molecule has 0 N–H and O–H groups in total. The number of nitrogens with zero attached hydrogens (tertiary/aromatic N) is 5. The predicted molar refractivity (Wildman–Crippen MR) is 97.7 cm³/mol. The Balaban J connectivity index is 2.09. The maximum atomic E-state index is 11.0. The van der Waals surface area contributed by atoms with Crippen LogP contribution in [0.4, 0.5) is 5.69 Å². The van der Waals surface area contributed by atoms with Crippen molar-refractivity contribution in [1.29, 1.82) is 0 Å². The summed E-state index contributed by atoms with van der Waals surface area (Å²) in [6, 6.07) is 12.0. The zero-order valence-corrected chi connectivity index (χ0v) is 14.3. The van der Waals surface area contributed by atoms with Crippen LogP contribution in [0.25, 0.3) is 11.3 Å². The molecule has 0 saturated heterocycles. The van der Waals surface area contributed by atoms with Gasteiger partial charge in [0.2, 0.25) is 4.80 Å². The van der Waals surface area contributed by atoms with Crippen LogP contribution in [0.2, 0.25) is 0 Å². The van der Waals surface area contributed by atoms with Gasteiger partial charge in [-0.15, -0.1) is 11.3 Å². The number of pyridine rings is 1. The van der Waals surface area contributed by atoms with Crippen molar-refractivity contribution in [3.63, 3.8) is 0 Å². The second-order valence-corrected chi connectivity index (χ2v) is 5.83. The van der Waals surface area contributed by atoms with Crippen LogP contribution in [0.1, 0.15) is 12.6 Å². The molecule has 0 aliphatic carbocycles. The highest BCUT2D eigenvalue weighted by atomic mass is 32.1. The maximum absolute atomic E-state index is 11.0. The summed E-state index contributed by atoms with van der Waals surface area (Å²) in [5, 5.41) is 17.4. The molecule has 0 atom stereocenters. The van der Waals surface area contributed by atoms with Crippen molar-refractivity contribution < 1.29 is 4.92 Å². The third kappa shape index (κ3) is 3.86. The van der Waals surface area contributed by atoms with Crippen molar-refractivity contribution in [1.82, 2.24) is 9.66 Å². The number of non-ortho nitro benzene ring substituents is 1. The number of thiazole rings is 1. The molecule has 0 amide bonds. The Morgan fingerprint density at radius 1 is 1.32 bits per heavy atom. The maximum Gasteiger partial charge on any atom is 0.270 e. The van der Waals surface area contributed by atoms with Gasteiger partial charge in [0, 0.05) is 35.8 Å². The number of rotatable bonds is 5. The molecule has 2 heterocycles. The Labute approximate surface area is 147 Å². The van der Waals surface area contributed by atoms with Gasteiger partial charge < -0.3 is 0 Å². The van der Waals surface area contributed by atoms with Gasteiger partial charge in [0.1, 0.15) is 0 Å². The number of nitro benzene ring substituents is 1. The van der Waals surface area contributed by atoms with E-state index in [0.29, 0.717) is 17.8 Å². The Morgan fingerprint density at radius 3 is 2.92 bits per heavy atom. The van der Waals surface area contributed by atoms with Gasteiger partial charge in [0.25, 0.3) is 5.69 Å². The van der Waals surface area contributed by atoms with Crippen LogP contribution < -0.4 is 4.80 Å². The smallest absolute Gasteiger partial charge is 0.258 e. The standard InChI is InChI=1S/C17H15N5O2S/c1-2-18-17-21(20-11-14-7-3-4-9-19-14)16(12-25-17)13-6-5-8-15(10-13)22(23)24/h3-12H,2H2,1H3/b18-17?,20-11-. The van der Waals surface area contributed by atoms with Gasteiger partial charge in [-0.1, -0.05) is 18.2 Å². The highest BCUT2D eigenvalue weighted by Gasteiger charge is 2.11. The van der Waals surface area contributed by atoms with E-state index in [4.69, 9.17) is 0 Å². The van der Waals surface area contributed by atoms with Crippen LogP contribution in [0.3, 0.4) is 0 Å². The Morgan fingerprint density at radius 2 is 2.20 bits per heavy atom. The summed E-state index contributed by atoms with van der Waals surface area (Å²) in [6.45, 7) is 2.56. The number of benzene rings is 1. The van der Waals surface area contributed by atoms with Crippen molar-refractivity contribution in [2.24, 2.45) is 10.1 Å². The number of hydrogen-bond acceptors (Lipinski definition) is 6. The van der Waals surface area contributed by atoms with E-state index in [2.05, 4.69) is 15.1 Å². The Bertz CT molecular complexity index is 976. The van der Waals surface area contributed by atoms with Gasteiger partial charge in [0.05, 0.1) is 22.5 Å². The highest BCUT2D eigenvalue weighted by molar-refractivity contribution is 7.07. The first-order valence-corrected chi connectivity index (χ1v) is 8.48. The van der Waals surface area contributed by atoms with Crippen molar-refractivity contribution in [2.75, 3.05) is 6.54 Å². The molecule has 7 nitrogen and oxygen atoms in total. The van der Waals surface area contributed by atoms with E-state index in [1.54, 1.807) is 23.2 Å². The van der Waals surface area contributed by atoms with Crippen LogP contribution in [0.15, 0.2) is 64.1 Å². The van der Waals surface area contributed by atoms with Crippen LogP contribution in [0.5, 0.6) is 0 Å². The monoisotopic (exact) mass is 353 g/mol. The topological polar surface area (TPSA) is 85.7 Å². The molecule has 0 bridgehead atoms. The molecule has 3 aromatic rings. The molecule has 0 aliphatic rings. The molecule has 0 unspecified atom stereocenters. The molecule has 126 valence electrons. The zero-order valence-electron chi connectivity index (χ0n) is 13.4. The normalized spacial score (nSPS) is 12.0. The van der Waals surface area contributed by atoms with E-state index in [9.17, 15) is 10.1 Å². The van der Waals surface area contributed by atoms with E-state index in [-0.39, 0.29) is 5.69 Å². The van der Waals surface area contributed by atoms with E-state index in [1.165, 1.54) is 23.5 Å². The fourth-order valence-corrected chi connectivity index (χ4v) is 3.10. The molecule has 0 spiro atoms. The lowest BCUT2D eigenvalue weighted by Crippen LogP contribution is -2.12. The van der Waals surface area contributed by atoms with E-state index in [1.807, 2.05) is 36.6 Å². The third-order valence-corrected chi connectivity index (χ3v) is 4.18. The van der Waals surface area contributed by atoms with Gasteiger partial charge >= 0.3 is 0 Å². The van der Waals surface area contributed by atoms with Crippen LogP contribution >= 0.6 is 11.3 Å². The van der Waals surface area contributed by atoms with Gasteiger partial charge in [-0.05, 0) is 19.1 Å². The van der Waals surface area contributed by atoms with Crippen LogP contribution in [0, 0.1) is 10.1 Å². The highest BCUT2D eigenvalue weighted by Crippen LogP contribution is 2.24. The minimum absolute atomic E-state index is 0.0398. The van der Waals surface area contributed by atoms with Gasteiger partial charge in [-0.25, -0.2) is 4.68 Å². The molecule has 8 heteroatoms. The van der Waals surface area contributed by atoms with Crippen molar-refractivity contribution in [2.45, 2.75) is 6.92 Å². The van der Waals surface area contributed by atoms with Crippen molar-refractivity contribution in [3.05, 3.63) is 74.7 Å². The Kier molecular flexibility index (Phi) is 5.10. The summed E-state index contributed by atoms with van der Waals surface area (Å²) < 4.78 is 1.68. The minimum Gasteiger partial charge on any atom is -0.258 e. The summed E-state index contributed by atoms with van der Waals surface area (Å²) >= 11 is 1.44. The first kappa shape index (κ1) is 16.7. The first-order chi connectivity index (χ1) is 12.2. The van der Waals surface area contributed by atoms with Gasteiger partial charge in [-0.3, -0.25) is 20.1 Å². The minimum atomic E-state index is -0.408. The number of aromatic nitrogens is 2. The van der Waals surface area contributed by atoms with Crippen LogP contribution in [-0.4, -0.2) is 27.3 Å². The predicted octanol–water partition coefficient (Wildman–Crippen LogP) is 3.32. The van der Waals surface area contributed by atoms with Gasteiger partial charge in [0.15, 0.2) is 0 Å². The van der Waals surface area contributed by atoms with E-state index >= 15 is 0 Å². The quantitative estimate of drug-likeness (QED) is 0.400. The molecule has 0 aliphatic heterocycles. The second kappa shape index (κ2) is 7.63. The van der Waals surface area contributed by atoms with Crippen molar-refractivity contribution >= 4 is 23.2 Å². The zero-order chi connectivity index (χ0) is 17.6. The summed E-state index contributed by atoms with van der Waals surface area (Å²) in [5.41, 5.74) is 2.21. The fourth-order valence-electron chi connectivity index (χ4n) is 2.20. The average molecular weight is 353 g/mol.